The van der Waals surface area contributed by atoms with Crippen LogP contribution in [-0.2, 0) is 6.54 Å². The fourth-order valence-corrected chi connectivity index (χ4v) is 2.65. The number of nitrogens with two attached hydrogens (primary N) is 1. The molecule has 0 spiro atoms. The van der Waals surface area contributed by atoms with Gasteiger partial charge in [0.1, 0.15) is 15.8 Å². The van der Waals surface area contributed by atoms with Crippen molar-refractivity contribution < 1.29 is 4.39 Å². The number of hydrogen-bond acceptors (Lipinski definition) is 4. The van der Waals surface area contributed by atoms with Gasteiger partial charge in [-0.15, -0.1) is 10.2 Å². The van der Waals surface area contributed by atoms with Crippen LogP contribution >= 0.6 is 11.3 Å². The number of benzene rings is 2. The minimum absolute atomic E-state index is 0.224. The predicted molar refractivity (Wildman–Crippen MR) is 70.7 cm³/mol. The van der Waals surface area contributed by atoms with Crippen LogP contribution in [0.4, 0.5) is 4.39 Å². The van der Waals surface area contributed by atoms with Crippen LogP contribution in [0.3, 0.4) is 0 Å². The lowest BCUT2D eigenvalue weighted by Gasteiger charge is -2.03. The Morgan fingerprint density at radius 2 is 1.83 bits per heavy atom. The molecule has 1 heterocycles. The smallest absolute Gasteiger partial charge is 0.148 e. The molecule has 0 aliphatic rings. The summed E-state index contributed by atoms with van der Waals surface area (Å²) in [6, 6.07) is 10.5. The standard InChI is InChI=1S/C13H10FN3S/c14-11-6-5-10(8-3-1-2-4-9(8)11)13-17-16-12(7-15)18-13/h1-6H,7,15H2. The Hall–Kier alpha value is -1.85. The lowest BCUT2D eigenvalue weighted by Crippen LogP contribution is -1.94. The summed E-state index contributed by atoms with van der Waals surface area (Å²) in [5.41, 5.74) is 6.42. The van der Waals surface area contributed by atoms with E-state index >= 15 is 0 Å². The fraction of sp³-hybridized carbons (Fsp3) is 0.0769. The number of aromatic nitrogens is 2. The zero-order valence-corrected chi connectivity index (χ0v) is 10.2. The second-order valence-corrected chi connectivity index (χ2v) is 4.91. The fourth-order valence-electron chi connectivity index (χ4n) is 1.89. The van der Waals surface area contributed by atoms with Crippen LogP contribution in [0.15, 0.2) is 36.4 Å². The third kappa shape index (κ3) is 1.77. The molecule has 0 fully saturated rings. The van der Waals surface area contributed by atoms with E-state index in [1.165, 1.54) is 17.4 Å². The van der Waals surface area contributed by atoms with Gasteiger partial charge >= 0.3 is 0 Å². The molecule has 0 amide bonds. The highest BCUT2D eigenvalue weighted by Crippen LogP contribution is 2.31. The molecule has 90 valence electrons. The third-order valence-electron chi connectivity index (χ3n) is 2.74. The molecule has 0 atom stereocenters. The van der Waals surface area contributed by atoms with Gasteiger partial charge in [-0.1, -0.05) is 35.6 Å². The summed E-state index contributed by atoms with van der Waals surface area (Å²) in [6.45, 7) is 0.372. The minimum Gasteiger partial charge on any atom is -0.324 e. The Morgan fingerprint density at radius 3 is 2.56 bits per heavy atom. The van der Waals surface area contributed by atoms with E-state index in [-0.39, 0.29) is 5.82 Å². The lowest BCUT2D eigenvalue weighted by molar-refractivity contribution is 0.640. The van der Waals surface area contributed by atoms with Gasteiger partial charge in [0, 0.05) is 17.5 Å². The van der Waals surface area contributed by atoms with E-state index in [9.17, 15) is 4.39 Å². The van der Waals surface area contributed by atoms with Crippen molar-refractivity contribution in [2.24, 2.45) is 5.73 Å². The topological polar surface area (TPSA) is 51.8 Å². The normalized spacial score (nSPS) is 11.0. The number of fused-ring (bicyclic) bond motifs is 1. The molecular formula is C13H10FN3S. The summed E-state index contributed by atoms with van der Waals surface area (Å²) >= 11 is 1.44. The first kappa shape index (κ1) is 11.3. The average Bonchev–Trinajstić information content (AvgIpc) is 2.88. The van der Waals surface area contributed by atoms with Crippen molar-refractivity contribution in [1.29, 1.82) is 0 Å². The van der Waals surface area contributed by atoms with E-state index in [0.29, 0.717) is 11.9 Å². The average molecular weight is 259 g/mol. The number of nitrogens with zero attached hydrogens (tertiary/aromatic N) is 2. The molecular weight excluding hydrogens is 249 g/mol. The molecule has 3 rings (SSSR count). The highest BCUT2D eigenvalue weighted by atomic mass is 32.1. The van der Waals surface area contributed by atoms with Crippen molar-refractivity contribution in [3.63, 3.8) is 0 Å². The first-order valence-electron chi connectivity index (χ1n) is 5.49. The van der Waals surface area contributed by atoms with Crippen molar-refractivity contribution >= 4 is 22.1 Å². The van der Waals surface area contributed by atoms with Gasteiger partial charge < -0.3 is 5.73 Å². The summed E-state index contributed by atoms with van der Waals surface area (Å²) in [5.74, 6) is -0.224. The molecule has 0 saturated heterocycles. The van der Waals surface area contributed by atoms with Crippen molar-refractivity contribution in [1.82, 2.24) is 10.2 Å². The Morgan fingerprint density at radius 1 is 1.06 bits per heavy atom. The minimum atomic E-state index is -0.224. The van der Waals surface area contributed by atoms with Gasteiger partial charge in [0.2, 0.25) is 0 Å². The van der Waals surface area contributed by atoms with Crippen LogP contribution in [0.1, 0.15) is 5.01 Å². The first-order valence-corrected chi connectivity index (χ1v) is 6.31. The van der Waals surface area contributed by atoms with E-state index in [4.69, 9.17) is 5.73 Å². The number of rotatable bonds is 2. The van der Waals surface area contributed by atoms with Gasteiger partial charge in [-0.25, -0.2) is 4.39 Å². The maximum absolute atomic E-state index is 13.7. The molecule has 1 aromatic heterocycles. The molecule has 0 bridgehead atoms. The second-order valence-electron chi connectivity index (χ2n) is 3.85. The third-order valence-corrected chi connectivity index (χ3v) is 3.72. The molecule has 2 aromatic carbocycles. The van der Waals surface area contributed by atoms with Crippen molar-refractivity contribution in [3.8, 4) is 10.6 Å². The molecule has 0 radical (unpaired) electrons. The number of hydrogen-bond donors (Lipinski definition) is 1. The first-order chi connectivity index (χ1) is 8.79. The molecule has 3 nitrogen and oxygen atoms in total. The molecule has 2 N–H and O–H groups in total. The SMILES string of the molecule is NCc1nnc(-c2ccc(F)c3ccccc23)s1. The molecule has 0 unspecified atom stereocenters. The summed E-state index contributed by atoms with van der Waals surface area (Å²) in [6.07, 6.45) is 0. The second kappa shape index (κ2) is 4.44. The van der Waals surface area contributed by atoms with Crippen LogP contribution in [0, 0.1) is 5.82 Å². The van der Waals surface area contributed by atoms with Gasteiger partial charge in [-0.3, -0.25) is 0 Å². The Balaban J connectivity index is 2.26. The quantitative estimate of drug-likeness (QED) is 0.769. The predicted octanol–water partition coefficient (Wildman–Crippen LogP) is 2.96. The zero-order chi connectivity index (χ0) is 12.5. The zero-order valence-electron chi connectivity index (χ0n) is 9.43. The van der Waals surface area contributed by atoms with Crippen molar-refractivity contribution in [2.75, 3.05) is 0 Å². The van der Waals surface area contributed by atoms with Crippen molar-refractivity contribution in [3.05, 3.63) is 47.2 Å². The Kier molecular flexibility index (Phi) is 2.77. The summed E-state index contributed by atoms with van der Waals surface area (Å²) in [5, 5.41) is 11.1. The van der Waals surface area contributed by atoms with Crippen LogP contribution in [-0.4, -0.2) is 10.2 Å². The van der Waals surface area contributed by atoms with E-state index in [0.717, 1.165) is 21.0 Å². The van der Waals surface area contributed by atoms with Crippen LogP contribution < -0.4 is 5.73 Å². The molecule has 5 heteroatoms. The van der Waals surface area contributed by atoms with Gasteiger partial charge in [0.25, 0.3) is 0 Å². The Bertz CT molecular complexity index is 708. The molecule has 0 aliphatic heterocycles. The molecule has 0 saturated carbocycles. The highest BCUT2D eigenvalue weighted by Gasteiger charge is 2.11. The van der Waals surface area contributed by atoms with Crippen LogP contribution in [0.5, 0.6) is 0 Å². The van der Waals surface area contributed by atoms with Crippen LogP contribution in [0.25, 0.3) is 21.3 Å². The molecule has 0 aliphatic carbocycles. The van der Waals surface area contributed by atoms with Gasteiger partial charge in [-0.2, -0.15) is 0 Å². The van der Waals surface area contributed by atoms with Crippen molar-refractivity contribution in [2.45, 2.75) is 6.54 Å². The van der Waals surface area contributed by atoms with E-state index in [1.807, 2.05) is 18.2 Å². The van der Waals surface area contributed by atoms with Gasteiger partial charge in [0.05, 0.1) is 0 Å². The van der Waals surface area contributed by atoms with Gasteiger partial charge in [0.15, 0.2) is 0 Å². The largest absolute Gasteiger partial charge is 0.324 e. The maximum atomic E-state index is 13.7. The van der Waals surface area contributed by atoms with E-state index < -0.39 is 0 Å². The van der Waals surface area contributed by atoms with Crippen LogP contribution in [0.2, 0.25) is 0 Å². The maximum Gasteiger partial charge on any atom is 0.148 e. The van der Waals surface area contributed by atoms with E-state index in [1.54, 1.807) is 12.1 Å². The highest BCUT2D eigenvalue weighted by molar-refractivity contribution is 7.14. The lowest BCUT2D eigenvalue weighted by atomic mass is 10.0. The molecule has 3 aromatic rings. The summed E-state index contributed by atoms with van der Waals surface area (Å²) in [7, 11) is 0. The number of halogens is 1. The summed E-state index contributed by atoms with van der Waals surface area (Å²) < 4.78 is 13.7. The van der Waals surface area contributed by atoms with Gasteiger partial charge in [-0.05, 0) is 17.5 Å². The molecule has 18 heavy (non-hydrogen) atoms. The van der Waals surface area contributed by atoms with E-state index in [2.05, 4.69) is 10.2 Å². The Labute approximate surface area is 107 Å². The monoisotopic (exact) mass is 259 g/mol. The summed E-state index contributed by atoms with van der Waals surface area (Å²) in [4.78, 5) is 0.